The lowest BCUT2D eigenvalue weighted by Crippen LogP contribution is -1.96. The molecular weight excluding hydrogens is 285 g/mol. The van der Waals surface area contributed by atoms with Gasteiger partial charge in [0.25, 0.3) is 0 Å². The Morgan fingerprint density at radius 2 is 2.16 bits per heavy atom. The van der Waals surface area contributed by atoms with Gasteiger partial charge in [-0.2, -0.15) is 0 Å². The van der Waals surface area contributed by atoms with E-state index in [1.807, 2.05) is 12.1 Å². The van der Waals surface area contributed by atoms with Gasteiger partial charge < -0.3 is 10.5 Å². The highest BCUT2D eigenvalue weighted by Gasteiger charge is 2.08. The standard InChI is InChI=1S/C14H11ClFNOS/c15-12-4-1-5-13(16)14(12)18-9-11-7-6-10(19-11)3-2-8-17/h1,4-7H,8-9,17H2. The monoisotopic (exact) mass is 295 g/mol. The van der Waals surface area contributed by atoms with Crippen molar-refractivity contribution in [1.29, 1.82) is 0 Å². The minimum Gasteiger partial charge on any atom is -0.483 e. The molecule has 0 aliphatic rings. The molecule has 2 N–H and O–H groups in total. The van der Waals surface area contributed by atoms with Crippen LogP contribution in [-0.4, -0.2) is 6.54 Å². The smallest absolute Gasteiger partial charge is 0.174 e. The van der Waals surface area contributed by atoms with Crippen LogP contribution < -0.4 is 10.5 Å². The maximum Gasteiger partial charge on any atom is 0.174 e. The number of hydrogen-bond donors (Lipinski definition) is 1. The van der Waals surface area contributed by atoms with Crippen molar-refractivity contribution < 1.29 is 9.13 Å². The molecule has 2 nitrogen and oxygen atoms in total. The van der Waals surface area contributed by atoms with Crippen LogP contribution in [0.4, 0.5) is 4.39 Å². The van der Waals surface area contributed by atoms with Crippen LogP contribution in [0.1, 0.15) is 9.75 Å². The summed E-state index contributed by atoms with van der Waals surface area (Å²) in [6, 6.07) is 8.21. The number of rotatable bonds is 3. The van der Waals surface area contributed by atoms with E-state index in [1.165, 1.54) is 23.5 Å². The molecule has 0 spiro atoms. The largest absolute Gasteiger partial charge is 0.483 e. The number of hydrogen-bond acceptors (Lipinski definition) is 3. The summed E-state index contributed by atoms with van der Waals surface area (Å²) in [5, 5.41) is 0.264. The molecule has 0 aliphatic heterocycles. The molecule has 5 heteroatoms. The fourth-order valence-corrected chi connectivity index (χ4v) is 2.44. The molecular formula is C14H11ClFNOS. The highest BCUT2D eigenvalue weighted by molar-refractivity contribution is 7.12. The molecule has 0 amide bonds. The van der Waals surface area contributed by atoms with E-state index in [-0.39, 0.29) is 17.4 Å². The zero-order valence-corrected chi connectivity index (χ0v) is 11.5. The highest BCUT2D eigenvalue weighted by Crippen LogP contribution is 2.28. The topological polar surface area (TPSA) is 35.2 Å². The van der Waals surface area contributed by atoms with Crippen molar-refractivity contribution in [2.75, 3.05) is 6.54 Å². The van der Waals surface area contributed by atoms with Crippen LogP contribution in [0.5, 0.6) is 5.75 Å². The molecule has 0 saturated carbocycles. The number of para-hydroxylation sites is 1. The van der Waals surface area contributed by atoms with E-state index < -0.39 is 5.82 Å². The van der Waals surface area contributed by atoms with Crippen LogP contribution in [0, 0.1) is 17.7 Å². The molecule has 2 aromatic rings. The van der Waals surface area contributed by atoms with Crippen molar-refractivity contribution in [3.63, 3.8) is 0 Å². The van der Waals surface area contributed by atoms with E-state index in [1.54, 1.807) is 6.07 Å². The summed E-state index contributed by atoms with van der Waals surface area (Å²) in [5.74, 6) is 5.32. The lowest BCUT2D eigenvalue weighted by atomic mass is 10.3. The van der Waals surface area contributed by atoms with Gasteiger partial charge in [0.2, 0.25) is 0 Å². The normalized spacial score (nSPS) is 9.84. The Morgan fingerprint density at radius 3 is 2.89 bits per heavy atom. The Morgan fingerprint density at radius 1 is 1.32 bits per heavy atom. The van der Waals surface area contributed by atoms with Gasteiger partial charge in [-0.25, -0.2) is 4.39 Å². The van der Waals surface area contributed by atoms with Crippen molar-refractivity contribution >= 4 is 22.9 Å². The zero-order chi connectivity index (χ0) is 13.7. The van der Waals surface area contributed by atoms with Gasteiger partial charge in [-0.05, 0) is 24.3 Å². The average molecular weight is 296 g/mol. The molecule has 0 bridgehead atoms. The molecule has 2 rings (SSSR count). The Bertz CT molecular complexity index is 610. The lowest BCUT2D eigenvalue weighted by molar-refractivity contribution is 0.294. The molecule has 1 aromatic heterocycles. The Balaban J connectivity index is 2.04. The third kappa shape index (κ3) is 3.71. The van der Waals surface area contributed by atoms with Crippen molar-refractivity contribution in [2.45, 2.75) is 6.61 Å². The highest BCUT2D eigenvalue weighted by atomic mass is 35.5. The Labute approximate surface area is 120 Å². The van der Waals surface area contributed by atoms with Crippen molar-refractivity contribution in [1.82, 2.24) is 0 Å². The molecule has 98 valence electrons. The number of benzene rings is 1. The van der Waals surface area contributed by atoms with Crippen LogP contribution in [0.2, 0.25) is 5.02 Å². The van der Waals surface area contributed by atoms with Crippen LogP contribution in [0.15, 0.2) is 30.3 Å². The minimum atomic E-state index is -0.466. The number of nitrogens with two attached hydrogens (primary N) is 1. The number of thiophene rings is 1. The van der Waals surface area contributed by atoms with Crippen molar-refractivity contribution in [3.05, 3.63) is 50.9 Å². The van der Waals surface area contributed by atoms with Gasteiger partial charge in [0.05, 0.1) is 16.4 Å². The quantitative estimate of drug-likeness (QED) is 0.881. The Hall–Kier alpha value is -1.54. The molecule has 0 unspecified atom stereocenters. The maximum atomic E-state index is 13.5. The van der Waals surface area contributed by atoms with Gasteiger partial charge in [0.15, 0.2) is 11.6 Å². The van der Waals surface area contributed by atoms with Gasteiger partial charge >= 0.3 is 0 Å². The first-order valence-corrected chi connectivity index (χ1v) is 6.74. The first-order chi connectivity index (χ1) is 9.20. The summed E-state index contributed by atoms with van der Waals surface area (Å²) in [6.45, 7) is 0.587. The summed E-state index contributed by atoms with van der Waals surface area (Å²) in [5.41, 5.74) is 5.30. The van der Waals surface area contributed by atoms with E-state index in [2.05, 4.69) is 11.8 Å². The molecule has 0 radical (unpaired) electrons. The molecule has 1 heterocycles. The van der Waals surface area contributed by atoms with E-state index >= 15 is 0 Å². The maximum absolute atomic E-state index is 13.5. The third-order valence-corrected chi connectivity index (χ3v) is 3.52. The summed E-state index contributed by atoms with van der Waals surface area (Å²) < 4.78 is 18.9. The summed E-state index contributed by atoms with van der Waals surface area (Å²) in [4.78, 5) is 1.85. The fraction of sp³-hybridized carbons (Fsp3) is 0.143. The van der Waals surface area contributed by atoms with Gasteiger partial charge in [-0.3, -0.25) is 0 Å². The van der Waals surface area contributed by atoms with Gasteiger partial charge in [-0.1, -0.05) is 29.5 Å². The minimum absolute atomic E-state index is 0.0761. The van der Waals surface area contributed by atoms with Gasteiger partial charge in [0, 0.05) is 4.88 Å². The van der Waals surface area contributed by atoms with Gasteiger partial charge in [-0.15, -0.1) is 11.3 Å². The van der Waals surface area contributed by atoms with Gasteiger partial charge in [0.1, 0.15) is 6.61 Å². The van der Waals surface area contributed by atoms with E-state index in [9.17, 15) is 4.39 Å². The van der Waals surface area contributed by atoms with Crippen LogP contribution >= 0.6 is 22.9 Å². The summed E-state index contributed by atoms with van der Waals surface area (Å²) >= 11 is 7.36. The second-order valence-corrected chi connectivity index (χ2v) is 5.19. The lowest BCUT2D eigenvalue weighted by Gasteiger charge is -2.07. The molecule has 0 aliphatic carbocycles. The predicted molar refractivity (Wildman–Crippen MR) is 76.0 cm³/mol. The average Bonchev–Trinajstić information content (AvgIpc) is 2.84. The van der Waals surface area contributed by atoms with Crippen molar-refractivity contribution in [3.8, 4) is 17.6 Å². The molecule has 0 fully saturated rings. The summed E-state index contributed by atoms with van der Waals surface area (Å²) in [7, 11) is 0. The first-order valence-electron chi connectivity index (χ1n) is 5.55. The van der Waals surface area contributed by atoms with Crippen LogP contribution in [0.25, 0.3) is 0 Å². The third-order valence-electron chi connectivity index (χ3n) is 2.25. The molecule has 1 aromatic carbocycles. The zero-order valence-electron chi connectivity index (χ0n) is 9.95. The van der Waals surface area contributed by atoms with E-state index in [4.69, 9.17) is 22.1 Å². The molecule has 0 atom stereocenters. The second-order valence-electron chi connectivity index (χ2n) is 3.61. The molecule has 0 saturated heterocycles. The summed E-state index contributed by atoms with van der Waals surface area (Å²) in [6.07, 6.45) is 0. The number of ether oxygens (including phenoxy) is 1. The van der Waals surface area contributed by atoms with Crippen LogP contribution in [-0.2, 0) is 6.61 Å². The molecule has 19 heavy (non-hydrogen) atoms. The van der Waals surface area contributed by atoms with Crippen molar-refractivity contribution in [2.24, 2.45) is 5.73 Å². The second kappa shape index (κ2) is 6.58. The number of halogens is 2. The van der Waals surface area contributed by atoms with Crippen LogP contribution in [0.3, 0.4) is 0 Å². The first kappa shape index (κ1) is 13.9. The SMILES string of the molecule is NCC#Cc1ccc(COc2c(F)cccc2Cl)s1. The fourth-order valence-electron chi connectivity index (χ4n) is 1.42. The van der Waals surface area contributed by atoms with E-state index in [0.29, 0.717) is 6.54 Å². The van der Waals surface area contributed by atoms with E-state index in [0.717, 1.165) is 9.75 Å². The predicted octanol–water partition coefficient (Wildman–Crippen LogP) is 3.43. The Kier molecular flexibility index (Phi) is 4.80.